The summed E-state index contributed by atoms with van der Waals surface area (Å²) in [5, 5.41) is 16.2. The lowest BCUT2D eigenvalue weighted by Gasteiger charge is -2.22. The largest absolute Gasteiger partial charge is 0.395 e. The summed E-state index contributed by atoms with van der Waals surface area (Å²) in [5.74, 6) is 0. The predicted molar refractivity (Wildman–Crippen MR) is 76.8 cm³/mol. The maximum Gasteiger partial charge on any atom is 0.0587 e. The molecule has 0 spiro atoms. The van der Waals surface area contributed by atoms with Crippen LogP contribution in [0, 0.1) is 0 Å². The van der Waals surface area contributed by atoms with Crippen molar-refractivity contribution in [2.75, 3.05) is 19.7 Å². The molecule has 1 rings (SSSR count). The Kier molecular flexibility index (Phi) is 6.33. The van der Waals surface area contributed by atoms with Crippen molar-refractivity contribution in [1.29, 1.82) is 0 Å². The van der Waals surface area contributed by atoms with E-state index < -0.39 is 0 Å². The van der Waals surface area contributed by atoms with Gasteiger partial charge in [-0.2, -0.15) is 0 Å². The third kappa shape index (κ3) is 6.74. The molecule has 102 valence electrons. The summed E-state index contributed by atoms with van der Waals surface area (Å²) in [6.07, 6.45) is 0.868. The van der Waals surface area contributed by atoms with Crippen LogP contribution in [-0.4, -0.2) is 36.4 Å². The van der Waals surface area contributed by atoms with E-state index in [0.29, 0.717) is 0 Å². The zero-order valence-corrected chi connectivity index (χ0v) is 11.7. The zero-order chi connectivity index (χ0) is 13.4. The minimum atomic E-state index is 0.133. The molecule has 1 unspecified atom stereocenters. The third-order valence-corrected chi connectivity index (χ3v) is 2.76. The van der Waals surface area contributed by atoms with E-state index in [-0.39, 0.29) is 18.2 Å². The van der Waals surface area contributed by atoms with Crippen LogP contribution in [-0.2, 0) is 6.42 Å². The van der Waals surface area contributed by atoms with Gasteiger partial charge in [0.1, 0.15) is 0 Å². The van der Waals surface area contributed by atoms with Crippen molar-refractivity contribution in [1.82, 2.24) is 10.6 Å². The molecule has 3 heteroatoms. The standard InChI is InChI=1S/C15H26N2O/c1-15(2,3)17-10-9-16-14(12-18)11-13-7-5-4-6-8-13/h4-8,14,16-18H,9-12H2,1-3H3. The topological polar surface area (TPSA) is 44.3 Å². The number of benzene rings is 1. The van der Waals surface area contributed by atoms with Crippen LogP contribution in [0.5, 0.6) is 0 Å². The molecule has 0 saturated heterocycles. The Hall–Kier alpha value is -0.900. The zero-order valence-electron chi connectivity index (χ0n) is 11.7. The van der Waals surface area contributed by atoms with Crippen molar-refractivity contribution in [3.8, 4) is 0 Å². The normalized spacial score (nSPS) is 13.6. The van der Waals surface area contributed by atoms with E-state index in [9.17, 15) is 5.11 Å². The van der Waals surface area contributed by atoms with Crippen LogP contribution in [0.3, 0.4) is 0 Å². The fourth-order valence-electron chi connectivity index (χ4n) is 1.81. The van der Waals surface area contributed by atoms with Gasteiger partial charge in [0.15, 0.2) is 0 Å². The molecule has 0 aliphatic rings. The first-order valence-corrected chi connectivity index (χ1v) is 6.64. The highest BCUT2D eigenvalue weighted by Crippen LogP contribution is 2.02. The average Bonchev–Trinajstić information content (AvgIpc) is 2.33. The fourth-order valence-corrected chi connectivity index (χ4v) is 1.81. The maximum absolute atomic E-state index is 9.36. The Labute approximate surface area is 111 Å². The molecule has 0 fully saturated rings. The fraction of sp³-hybridized carbons (Fsp3) is 0.600. The lowest BCUT2D eigenvalue weighted by Crippen LogP contribution is -2.43. The minimum Gasteiger partial charge on any atom is -0.395 e. The molecular formula is C15H26N2O. The van der Waals surface area contributed by atoms with Gasteiger partial charge in [0.05, 0.1) is 6.61 Å². The van der Waals surface area contributed by atoms with Crippen LogP contribution in [0.25, 0.3) is 0 Å². The molecule has 0 aliphatic heterocycles. The summed E-state index contributed by atoms with van der Waals surface area (Å²) in [4.78, 5) is 0. The highest BCUT2D eigenvalue weighted by Gasteiger charge is 2.10. The van der Waals surface area contributed by atoms with Gasteiger partial charge in [-0.15, -0.1) is 0 Å². The molecule has 0 aliphatic carbocycles. The highest BCUT2D eigenvalue weighted by atomic mass is 16.3. The second kappa shape index (κ2) is 7.52. The van der Waals surface area contributed by atoms with Crippen molar-refractivity contribution in [2.24, 2.45) is 0 Å². The third-order valence-electron chi connectivity index (χ3n) is 2.76. The Morgan fingerprint density at radius 3 is 2.33 bits per heavy atom. The van der Waals surface area contributed by atoms with Crippen molar-refractivity contribution in [2.45, 2.75) is 38.8 Å². The molecule has 3 nitrogen and oxygen atoms in total. The first-order chi connectivity index (χ1) is 8.51. The number of nitrogens with one attached hydrogen (secondary N) is 2. The Morgan fingerprint density at radius 1 is 1.11 bits per heavy atom. The summed E-state index contributed by atoms with van der Waals surface area (Å²) in [6.45, 7) is 8.41. The maximum atomic E-state index is 9.36. The molecule has 0 radical (unpaired) electrons. The van der Waals surface area contributed by atoms with Crippen LogP contribution in [0.2, 0.25) is 0 Å². The van der Waals surface area contributed by atoms with Crippen LogP contribution < -0.4 is 10.6 Å². The molecule has 1 atom stereocenters. The Balaban J connectivity index is 2.26. The van der Waals surface area contributed by atoms with Gasteiger partial charge in [-0.05, 0) is 32.8 Å². The monoisotopic (exact) mass is 250 g/mol. The molecule has 0 heterocycles. The summed E-state index contributed by atoms with van der Waals surface area (Å²) in [5.41, 5.74) is 1.41. The molecule has 0 saturated carbocycles. The van der Waals surface area contributed by atoms with E-state index in [1.165, 1.54) is 5.56 Å². The van der Waals surface area contributed by atoms with Crippen molar-refractivity contribution >= 4 is 0 Å². The van der Waals surface area contributed by atoms with Gasteiger partial charge >= 0.3 is 0 Å². The van der Waals surface area contributed by atoms with Gasteiger partial charge in [-0.25, -0.2) is 0 Å². The molecule has 0 aromatic heterocycles. The second-order valence-corrected chi connectivity index (χ2v) is 5.70. The van der Waals surface area contributed by atoms with E-state index in [1.54, 1.807) is 0 Å². The number of hydrogen-bond donors (Lipinski definition) is 3. The van der Waals surface area contributed by atoms with Crippen LogP contribution in [0.1, 0.15) is 26.3 Å². The lowest BCUT2D eigenvalue weighted by atomic mass is 10.1. The van der Waals surface area contributed by atoms with E-state index >= 15 is 0 Å². The van der Waals surface area contributed by atoms with Gasteiger partial charge in [-0.3, -0.25) is 0 Å². The molecule has 18 heavy (non-hydrogen) atoms. The lowest BCUT2D eigenvalue weighted by molar-refractivity contribution is 0.240. The summed E-state index contributed by atoms with van der Waals surface area (Å²) >= 11 is 0. The molecule has 0 amide bonds. The van der Waals surface area contributed by atoms with Crippen molar-refractivity contribution < 1.29 is 5.11 Å². The van der Waals surface area contributed by atoms with Crippen LogP contribution in [0.15, 0.2) is 30.3 Å². The predicted octanol–water partition coefficient (Wildman–Crippen LogP) is 1.57. The van der Waals surface area contributed by atoms with E-state index in [2.05, 4.69) is 43.5 Å². The van der Waals surface area contributed by atoms with E-state index in [0.717, 1.165) is 19.5 Å². The van der Waals surface area contributed by atoms with E-state index in [4.69, 9.17) is 0 Å². The first kappa shape index (κ1) is 15.2. The Morgan fingerprint density at radius 2 is 1.78 bits per heavy atom. The van der Waals surface area contributed by atoms with E-state index in [1.807, 2.05) is 18.2 Å². The van der Waals surface area contributed by atoms with Gasteiger partial charge in [-0.1, -0.05) is 30.3 Å². The summed E-state index contributed by atoms with van der Waals surface area (Å²) in [6, 6.07) is 10.4. The highest BCUT2D eigenvalue weighted by molar-refractivity contribution is 5.15. The van der Waals surface area contributed by atoms with Gasteiger partial charge in [0.2, 0.25) is 0 Å². The number of aliphatic hydroxyl groups is 1. The van der Waals surface area contributed by atoms with Crippen molar-refractivity contribution in [3.05, 3.63) is 35.9 Å². The summed E-state index contributed by atoms with van der Waals surface area (Å²) in [7, 11) is 0. The van der Waals surface area contributed by atoms with Crippen LogP contribution >= 0.6 is 0 Å². The van der Waals surface area contributed by atoms with Crippen molar-refractivity contribution in [3.63, 3.8) is 0 Å². The first-order valence-electron chi connectivity index (χ1n) is 6.64. The number of aliphatic hydroxyl groups excluding tert-OH is 1. The summed E-state index contributed by atoms with van der Waals surface area (Å²) < 4.78 is 0. The molecule has 3 N–H and O–H groups in total. The molecule has 1 aromatic rings. The molecule has 1 aromatic carbocycles. The quantitative estimate of drug-likeness (QED) is 0.644. The average molecular weight is 250 g/mol. The Bertz CT molecular complexity index is 319. The van der Waals surface area contributed by atoms with Gasteiger partial charge in [0, 0.05) is 24.7 Å². The SMILES string of the molecule is CC(C)(C)NCCNC(CO)Cc1ccccc1. The van der Waals surface area contributed by atoms with Gasteiger partial charge < -0.3 is 15.7 Å². The minimum absolute atomic E-state index is 0.133. The van der Waals surface area contributed by atoms with Crippen LogP contribution in [0.4, 0.5) is 0 Å². The second-order valence-electron chi connectivity index (χ2n) is 5.70. The molecule has 0 bridgehead atoms. The molecular weight excluding hydrogens is 224 g/mol. The number of hydrogen-bond acceptors (Lipinski definition) is 3. The smallest absolute Gasteiger partial charge is 0.0587 e. The number of rotatable bonds is 7. The van der Waals surface area contributed by atoms with Gasteiger partial charge in [0.25, 0.3) is 0 Å².